The molecule has 1 aliphatic carbocycles. The predicted octanol–water partition coefficient (Wildman–Crippen LogP) is 2.33. The average molecular weight is 397 g/mol. The van der Waals surface area contributed by atoms with E-state index in [0.717, 1.165) is 12.0 Å². The lowest BCUT2D eigenvalue weighted by Crippen LogP contribution is -2.22. The molecule has 0 spiro atoms. The second-order valence-corrected chi connectivity index (χ2v) is 6.50. The van der Waals surface area contributed by atoms with Crippen molar-refractivity contribution in [3.8, 4) is 0 Å². The Balaban J connectivity index is 1.92. The minimum atomic E-state index is -0.509. The third-order valence-corrected chi connectivity index (χ3v) is 4.49. The highest BCUT2D eigenvalue weighted by Gasteiger charge is 2.28. The first-order valence-corrected chi connectivity index (χ1v) is 9.28. The van der Waals surface area contributed by atoms with Gasteiger partial charge in [-0.15, -0.1) is 5.10 Å². The monoisotopic (exact) mass is 397 g/mol. The Bertz CT molecular complexity index is 1000. The number of amides is 1. The molecule has 1 aromatic heterocycles. The minimum Gasteiger partial charge on any atom is -0.462 e. The summed E-state index contributed by atoms with van der Waals surface area (Å²) in [5.74, 6) is -0.283. The molecule has 9 nitrogen and oxygen atoms in total. The van der Waals surface area contributed by atoms with Crippen LogP contribution in [0.5, 0.6) is 0 Å². The summed E-state index contributed by atoms with van der Waals surface area (Å²) >= 11 is 0. The fourth-order valence-electron chi connectivity index (χ4n) is 3.26. The van der Waals surface area contributed by atoms with Crippen molar-refractivity contribution in [3.05, 3.63) is 52.5 Å². The standard InChI is InChI=1S/C20H23N5O4/c1-3-28-19(27)12-7-4-5-8-13(12)23-18(26)17-11(2)16-14(24-25-20(21)22)9-6-10-15(16)29-17/h4-5,7-8H,3,6,9-10H2,1-2H3,(H,23,26)(H4,21,22,25)/b24-14+. The van der Waals surface area contributed by atoms with Crippen molar-refractivity contribution in [2.45, 2.75) is 33.1 Å². The van der Waals surface area contributed by atoms with Gasteiger partial charge in [0.05, 0.1) is 23.6 Å². The van der Waals surface area contributed by atoms with Crippen molar-refractivity contribution in [1.82, 2.24) is 0 Å². The molecule has 1 heterocycles. The number of carbonyl (C=O) groups excluding carboxylic acids is 2. The molecule has 0 atom stereocenters. The Kier molecular flexibility index (Phi) is 5.96. The Labute approximate surface area is 167 Å². The van der Waals surface area contributed by atoms with Gasteiger partial charge in [0.25, 0.3) is 5.91 Å². The van der Waals surface area contributed by atoms with Crippen molar-refractivity contribution < 1.29 is 18.7 Å². The molecule has 9 heteroatoms. The van der Waals surface area contributed by atoms with Crippen LogP contribution in [-0.4, -0.2) is 30.2 Å². The van der Waals surface area contributed by atoms with Crippen LogP contribution < -0.4 is 16.8 Å². The SMILES string of the molecule is CCOC(=O)c1ccccc1NC(=O)c1oc2c(c1C)/C(=N/N=C(N)N)CCC2. The Hall–Kier alpha value is -3.62. The van der Waals surface area contributed by atoms with E-state index in [2.05, 4.69) is 15.5 Å². The number of rotatable bonds is 5. The van der Waals surface area contributed by atoms with Crippen LogP contribution in [0.25, 0.3) is 0 Å². The van der Waals surface area contributed by atoms with Gasteiger partial charge < -0.3 is 25.9 Å². The van der Waals surface area contributed by atoms with Gasteiger partial charge in [-0.2, -0.15) is 5.10 Å². The van der Waals surface area contributed by atoms with Crippen LogP contribution in [0.4, 0.5) is 5.69 Å². The zero-order valence-electron chi connectivity index (χ0n) is 16.3. The Morgan fingerprint density at radius 1 is 1.24 bits per heavy atom. The summed E-state index contributed by atoms with van der Waals surface area (Å²) in [5.41, 5.74) is 13.4. The number of nitrogens with zero attached hydrogens (tertiary/aromatic N) is 2. The second kappa shape index (κ2) is 8.59. The summed E-state index contributed by atoms with van der Waals surface area (Å²) < 4.78 is 10.9. The number of aryl methyl sites for hydroxylation is 1. The van der Waals surface area contributed by atoms with E-state index >= 15 is 0 Å². The number of nitrogens with one attached hydrogen (secondary N) is 1. The first-order chi connectivity index (χ1) is 13.9. The molecule has 2 aromatic rings. The Morgan fingerprint density at radius 3 is 2.72 bits per heavy atom. The largest absolute Gasteiger partial charge is 0.462 e. The lowest BCUT2D eigenvalue weighted by Gasteiger charge is -2.11. The van der Waals surface area contributed by atoms with Crippen molar-refractivity contribution >= 4 is 29.2 Å². The number of hydrogen-bond donors (Lipinski definition) is 3. The molecular weight excluding hydrogens is 374 g/mol. The van der Waals surface area contributed by atoms with Crippen LogP contribution in [0.1, 0.15) is 57.6 Å². The first-order valence-electron chi connectivity index (χ1n) is 9.28. The summed E-state index contributed by atoms with van der Waals surface area (Å²) in [5, 5.41) is 10.6. The summed E-state index contributed by atoms with van der Waals surface area (Å²) in [6.45, 7) is 3.74. The van der Waals surface area contributed by atoms with E-state index in [-0.39, 0.29) is 23.9 Å². The average Bonchev–Trinajstić information content (AvgIpc) is 3.04. The molecule has 0 fully saturated rings. The zero-order valence-corrected chi connectivity index (χ0v) is 16.3. The number of furan rings is 1. The molecule has 0 bridgehead atoms. The van der Waals surface area contributed by atoms with Gasteiger partial charge in [-0.3, -0.25) is 4.79 Å². The molecule has 3 rings (SSSR count). The van der Waals surface area contributed by atoms with Gasteiger partial charge in [0.2, 0.25) is 5.96 Å². The maximum absolute atomic E-state index is 12.9. The van der Waals surface area contributed by atoms with Crippen LogP contribution in [0.2, 0.25) is 0 Å². The second-order valence-electron chi connectivity index (χ2n) is 6.50. The summed E-state index contributed by atoms with van der Waals surface area (Å²) in [6.07, 6.45) is 2.17. The van der Waals surface area contributed by atoms with E-state index in [9.17, 15) is 9.59 Å². The number of fused-ring (bicyclic) bond motifs is 1. The molecule has 152 valence electrons. The van der Waals surface area contributed by atoms with Crippen molar-refractivity contribution in [1.29, 1.82) is 0 Å². The van der Waals surface area contributed by atoms with Crippen molar-refractivity contribution in [2.75, 3.05) is 11.9 Å². The molecule has 0 unspecified atom stereocenters. The smallest absolute Gasteiger partial charge is 0.340 e. The van der Waals surface area contributed by atoms with E-state index in [4.69, 9.17) is 20.6 Å². The molecular formula is C20H23N5O4. The number of anilines is 1. The highest BCUT2D eigenvalue weighted by atomic mass is 16.5. The molecule has 0 aliphatic heterocycles. The van der Waals surface area contributed by atoms with E-state index in [0.29, 0.717) is 35.6 Å². The fourth-order valence-corrected chi connectivity index (χ4v) is 3.26. The van der Waals surface area contributed by atoms with Gasteiger partial charge in [-0.25, -0.2) is 4.79 Å². The lowest BCUT2D eigenvalue weighted by atomic mass is 9.93. The molecule has 29 heavy (non-hydrogen) atoms. The summed E-state index contributed by atoms with van der Waals surface area (Å²) in [6, 6.07) is 6.64. The fraction of sp³-hybridized carbons (Fsp3) is 0.300. The topological polar surface area (TPSA) is 145 Å². The molecule has 1 aromatic carbocycles. The highest BCUT2D eigenvalue weighted by molar-refractivity contribution is 6.10. The number of guanidine groups is 1. The normalized spacial score (nSPS) is 14.2. The van der Waals surface area contributed by atoms with Gasteiger partial charge in [0, 0.05) is 17.5 Å². The maximum atomic E-state index is 12.9. The first kappa shape index (κ1) is 20.1. The van der Waals surface area contributed by atoms with Crippen LogP contribution in [-0.2, 0) is 11.2 Å². The van der Waals surface area contributed by atoms with Crippen LogP contribution in [0, 0.1) is 6.92 Å². The van der Waals surface area contributed by atoms with Crippen molar-refractivity contribution in [3.63, 3.8) is 0 Å². The maximum Gasteiger partial charge on any atom is 0.340 e. The number of carbonyl (C=O) groups is 2. The predicted molar refractivity (Wildman–Crippen MR) is 109 cm³/mol. The quantitative estimate of drug-likeness (QED) is 0.305. The summed E-state index contributed by atoms with van der Waals surface area (Å²) in [4.78, 5) is 25.0. The number of ether oxygens (including phenoxy) is 1. The van der Waals surface area contributed by atoms with Crippen LogP contribution >= 0.6 is 0 Å². The third-order valence-electron chi connectivity index (χ3n) is 4.49. The zero-order chi connectivity index (χ0) is 21.0. The molecule has 1 amide bonds. The van der Waals surface area contributed by atoms with Gasteiger partial charge in [-0.05, 0) is 38.8 Å². The van der Waals surface area contributed by atoms with Gasteiger partial charge in [0.15, 0.2) is 5.76 Å². The highest BCUT2D eigenvalue weighted by Crippen LogP contribution is 2.31. The van der Waals surface area contributed by atoms with E-state index in [1.54, 1.807) is 38.1 Å². The molecule has 0 saturated carbocycles. The lowest BCUT2D eigenvalue weighted by molar-refractivity contribution is 0.0527. The Morgan fingerprint density at radius 2 is 2.00 bits per heavy atom. The molecule has 5 N–H and O–H groups in total. The number of nitrogens with two attached hydrogens (primary N) is 2. The van der Waals surface area contributed by atoms with E-state index in [1.165, 1.54) is 0 Å². The van der Waals surface area contributed by atoms with E-state index < -0.39 is 11.9 Å². The third kappa shape index (κ3) is 4.29. The molecule has 0 radical (unpaired) electrons. The number of esters is 1. The molecule has 1 aliphatic rings. The number of para-hydroxylation sites is 1. The van der Waals surface area contributed by atoms with Gasteiger partial charge >= 0.3 is 5.97 Å². The molecule has 0 saturated heterocycles. The van der Waals surface area contributed by atoms with Gasteiger partial charge in [0.1, 0.15) is 5.76 Å². The number of benzene rings is 1. The number of hydrogen-bond acceptors (Lipinski definition) is 6. The summed E-state index contributed by atoms with van der Waals surface area (Å²) in [7, 11) is 0. The van der Waals surface area contributed by atoms with Crippen LogP contribution in [0.3, 0.4) is 0 Å². The van der Waals surface area contributed by atoms with Crippen LogP contribution in [0.15, 0.2) is 38.9 Å². The minimum absolute atomic E-state index is 0.140. The van der Waals surface area contributed by atoms with Gasteiger partial charge in [-0.1, -0.05) is 12.1 Å². The van der Waals surface area contributed by atoms with E-state index in [1.807, 2.05) is 0 Å². The van der Waals surface area contributed by atoms with Crippen molar-refractivity contribution in [2.24, 2.45) is 21.7 Å².